The molecule has 0 aromatic heterocycles. The Morgan fingerprint density at radius 1 is 1.50 bits per heavy atom. The molecule has 1 amide bonds. The van der Waals surface area contributed by atoms with Crippen molar-refractivity contribution in [2.75, 3.05) is 19.8 Å². The molecule has 3 unspecified atom stereocenters. The number of amides is 1. The van der Waals surface area contributed by atoms with Crippen LogP contribution in [-0.2, 0) is 9.53 Å². The van der Waals surface area contributed by atoms with Gasteiger partial charge in [-0.2, -0.15) is 0 Å². The van der Waals surface area contributed by atoms with Crippen LogP contribution in [0.4, 0.5) is 0 Å². The lowest BCUT2D eigenvalue weighted by atomic mass is 9.93. The van der Waals surface area contributed by atoms with Crippen LogP contribution in [0.3, 0.4) is 0 Å². The third-order valence-electron chi connectivity index (χ3n) is 3.62. The summed E-state index contributed by atoms with van der Waals surface area (Å²) in [6, 6.07) is 0.0770. The SMILES string of the molecule is CCOCC(NC(=O)C1CC(C)CCN1)C(C)C. The molecule has 1 aliphatic heterocycles. The second kappa shape index (κ2) is 7.74. The highest BCUT2D eigenvalue weighted by Crippen LogP contribution is 2.15. The van der Waals surface area contributed by atoms with Crippen LogP contribution in [0.1, 0.15) is 40.5 Å². The largest absolute Gasteiger partial charge is 0.380 e. The standard InChI is InChI=1S/C14H28N2O2/c1-5-18-9-13(10(2)3)16-14(17)12-8-11(4)6-7-15-12/h10-13,15H,5-9H2,1-4H3,(H,16,17). The second-order valence-corrected chi connectivity index (χ2v) is 5.65. The van der Waals surface area contributed by atoms with Crippen LogP contribution in [0.2, 0.25) is 0 Å². The van der Waals surface area contributed by atoms with Crippen LogP contribution < -0.4 is 10.6 Å². The van der Waals surface area contributed by atoms with Gasteiger partial charge in [-0.25, -0.2) is 0 Å². The van der Waals surface area contributed by atoms with Crippen molar-refractivity contribution in [2.24, 2.45) is 11.8 Å². The van der Waals surface area contributed by atoms with Crippen molar-refractivity contribution in [1.29, 1.82) is 0 Å². The summed E-state index contributed by atoms with van der Waals surface area (Å²) < 4.78 is 5.43. The van der Waals surface area contributed by atoms with E-state index < -0.39 is 0 Å². The van der Waals surface area contributed by atoms with E-state index >= 15 is 0 Å². The molecule has 2 N–H and O–H groups in total. The molecular formula is C14H28N2O2. The Kier molecular flexibility index (Phi) is 6.65. The smallest absolute Gasteiger partial charge is 0.237 e. The summed E-state index contributed by atoms with van der Waals surface area (Å²) in [4.78, 5) is 12.2. The van der Waals surface area contributed by atoms with Gasteiger partial charge in [0.1, 0.15) is 0 Å². The molecule has 1 saturated heterocycles. The first-order valence-corrected chi connectivity index (χ1v) is 7.16. The Morgan fingerprint density at radius 2 is 2.22 bits per heavy atom. The fraction of sp³-hybridized carbons (Fsp3) is 0.929. The van der Waals surface area contributed by atoms with Gasteiger partial charge in [0, 0.05) is 6.61 Å². The Hall–Kier alpha value is -0.610. The Balaban J connectivity index is 2.44. The van der Waals surface area contributed by atoms with Gasteiger partial charge in [0.15, 0.2) is 0 Å². The summed E-state index contributed by atoms with van der Waals surface area (Å²) in [6.07, 6.45) is 2.10. The van der Waals surface area contributed by atoms with Crippen LogP contribution in [0.15, 0.2) is 0 Å². The number of rotatable bonds is 6. The summed E-state index contributed by atoms with van der Waals surface area (Å²) in [6.45, 7) is 10.6. The fourth-order valence-corrected chi connectivity index (χ4v) is 2.24. The number of carbonyl (C=O) groups excluding carboxylic acids is 1. The third-order valence-corrected chi connectivity index (χ3v) is 3.62. The van der Waals surface area contributed by atoms with Crippen LogP contribution >= 0.6 is 0 Å². The van der Waals surface area contributed by atoms with Crippen molar-refractivity contribution in [2.45, 2.75) is 52.6 Å². The van der Waals surface area contributed by atoms with E-state index in [0.29, 0.717) is 25.0 Å². The minimum absolute atomic E-state index is 0.0309. The van der Waals surface area contributed by atoms with Crippen molar-refractivity contribution in [3.63, 3.8) is 0 Å². The molecule has 4 nitrogen and oxygen atoms in total. The molecule has 0 aromatic rings. The van der Waals surface area contributed by atoms with E-state index in [1.54, 1.807) is 0 Å². The average molecular weight is 256 g/mol. The van der Waals surface area contributed by atoms with E-state index in [0.717, 1.165) is 19.4 Å². The van der Waals surface area contributed by atoms with Gasteiger partial charge in [0.05, 0.1) is 18.7 Å². The lowest BCUT2D eigenvalue weighted by molar-refractivity contribution is -0.125. The third kappa shape index (κ3) is 4.94. The molecule has 1 heterocycles. The Bertz CT molecular complexity index is 256. The highest BCUT2D eigenvalue weighted by Gasteiger charge is 2.26. The molecule has 0 aliphatic carbocycles. The van der Waals surface area contributed by atoms with Gasteiger partial charge in [-0.15, -0.1) is 0 Å². The summed E-state index contributed by atoms with van der Waals surface area (Å²) in [5, 5.41) is 6.41. The predicted octanol–water partition coefficient (Wildman–Crippen LogP) is 1.55. The summed E-state index contributed by atoms with van der Waals surface area (Å²) >= 11 is 0. The van der Waals surface area contributed by atoms with E-state index in [1.807, 2.05) is 6.92 Å². The Labute approximate surface area is 111 Å². The van der Waals surface area contributed by atoms with Crippen molar-refractivity contribution >= 4 is 5.91 Å². The highest BCUT2D eigenvalue weighted by molar-refractivity contribution is 5.82. The Morgan fingerprint density at radius 3 is 2.78 bits per heavy atom. The molecule has 0 bridgehead atoms. The molecule has 0 spiro atoms. The summed E-state index contributed by atoms with van der Waals surface area (Å²) in [5.41, 5.74) is 0. The number of hydrogen-bond acceptors (Lipinski definition) is 3. The van der Waals surface area contributed by atoms with Gasteiger partial charge in [-0.3, -0.25) is 4.79 Å². The van der Waals surface area contributed by atoms with Gasteiger partial charge in [0.25, 0.3) is 0 Å². The fourth-order valence-electron chi connectivity index (χ4n) is 2.24. The lowest BCUT2D eigenvalue weighted by Crippen LogP contribution is -2.53. The first-order chi connectivity index (χ1) is 8.54. The molecule has 3 atom stereocenters. The van der Waals surface area contributed by atoms with E-state index in [9.17, 15) is 4.79 Å². The van der Waals surface area contributed by atoms with Crippen molar-refractivity contribution in [3.05, 3.63) is 0 Å². The van der Waals surface area contributed by atoms with Gasteiger partial charge < -0.3 is 15.4 Å². The monoisotopic (exact) mass is 256 g/mol. The minimum Gasteiger partial charge on any atom is -0.380 e. The summed E-state index contributed by atoms with van der Waals surface area (Å²) in [5.74, 6) is 1.15. The van der Waals surface area contributed by atoms with Crippen LogP contribution in [-0.4, -0.2) is 37.7 Å². The zero-order valence-electron chi connectivity index (χ0n) is 12.2. The van der Waals surface area contributed by atoms with E-state index in [1.165, 1.54) is 0 Å². The highest BCUT2D eigenvalue weighted by atomic mass is 16.5. The zero-order valence-corrected chi connectivity index (χ0v) is 12.2. The van der Waals surface area contributed by atoms with E-state index in [4.69, 9.17) is 4.74 Å². The van der Waals surface area contributed by atoms with E-state index in [2.05, 4.69) is 31.4 Å². The van der Waals surface area contributed by atoms with Crippen LogP contribution in [0.5, 0.6) is 0 Å². The number of carbonyl (C=O) groups is 1. The molecule has 1 aliphatic rings. The molecule has 4 heteroatoms. The average Bonchev–Trinajstić information content (AvgIpc) is 2.33. The maximum atomic E-state index is 12.2. The number of hydrogen-bond donors (Lipinski definition) is 2. The zero-order chi connectivity index (χ0) is 13.5. The van der Waals surface area contributed by atoms with Gasteiger partial charge in [-0.1, -0.05) is 20.8 Å². The molecule has 0 aromatic carbocycles. The molecule has 0 saturated carbocycles. The molecular weight excluding hydrogens is 228 g/mol. The van der Waals surface area contributed by atoms with Crippen molar-refractivity contribution < 1.29 is 9.53 Å². The van der Waals surface area contributed by atoms with Crippen LogP contribution in [0, 0.1) is 11.8 Å². The predicted molar refractivity (Wildman–Crippen MR) is 73.5 cm³/mol. The first kappa shape index (κ1) is 15.4. The maximum Gasteiger partial charge on any atom is 0.237 e. The number of piperidine rings is 1. The number of nitrogens with one attached hydrogen (secondary N) is 2. The molecule has 1 rings (SSSR count). The van der Waals surface area contributed by atoms with Crippen molar-refractivity contribution in [3.8, 4) is 0 Å². The quantitative estimate of drug-likeness (QED) is 0.758. The van der Waals surface area contributed by atoms with Gasteiger partial charge >= 0.3 is 0 Å². The minimum atomic E-state index is -0.0309. The summed E-state index contributed by atoms with van der Waals surface area (Å²) in [7, 11) is 0. The van der Waals surface area contributed by atoms with Gasteiger partial charge in [-0.05, 0) is 38.1 Å². The van der Waals surface area contributed by atoms with Crippen molar-refractivity contribution in [1.82, 2.24) is 10.6 Å². The normalized spacial score (nSPS) is 26.1. The van der Waals surface area contributed by atoms with E-state index in [-0.39, 0.29) is 18.0 Å². The maximum absolute atomic E-state index is 12.2. The van der Waals surface area contributed by atoms with Crippen LogP contribution in [0.25, 0.3) is 0 Å². The lowest BCUT2D eigenvalue weighted by Gasteiger charge is -2.30. The molecule has 18 heavy (non-hydrogen) atoms. The van der Waals surface area contributed by atoms with Gasteiger partial charge in [0.2, 0.25) is 5.91 Å². The number of ether oxygens (including phenoxy) is 1. The topological polar surface area (TPSA) is 50.4 Å². The first-order valence-electron chi connectivity index (χ1n) is 7.16. The molecule has 0 radical (unpaired) electrons. The second-order valence-electron chi connectivity index (χ2n) is 5.65. The molecule has 106 valence electrons. The molecule has 1 fully saturated rings.